The number of pyridine rings is 1. The maximum atomic E-state index is 14.0. The molecule has 5 rings (SSSR count). The standard InChI is InChI=1S/C25H23N5O5S/c31-23-15-19(12-14-28(23)17-18-7-3-1-4-8-18)29(36(34,35)20-9-5-2-6-10-20)24-21-11-13-26-25(21)27-16-22(24)30(32)33/h1-11,13,16,19H,12,14-15,17H2,(H,26,27). The van der Waals surface area contributed by atoms with Gasteiger partial charge in [0.1, 0.15) is 17.5 Å². The number of hydrogen-bond acceptors (Lipinski definition) is 6. The predicted molar refractivity (Wildman–Crippen MR) is 134 cm³/mol. The maximum Gasteiger partial charge on any atom is 0.312 e. The molecule has 10 nitrogen and oxygen atoms in total. The lowest BCUT2D eigenvalue weighted by molar-refractivity contribution is -0.384. The number of fused-ring (bicyclic) bond motifs is 1. The van der Waals surface area contributed by atoms with Crippen LogP contribution in [0.3, 0.4) is 0 Å². The summed E-state index contributed by atoms with van der Waals surface area (Å²) in [5.41, 5.74) is 0.749. The summed E-state index contributed by atoms with van der Waals surface area (Å²) >= 11 is 0. The summed E-state index contributed by atoms with van der Waals surface area (Å²) in [6.07, 6.45) is 2.81. The highest BCUT2D eigenvalue weighted by Gasteiger charge is 2.41. The summed E-state index contributed by atoms with van der Waals surface area (Å²) in [5, 5.41) is 12.3. The zero-order valence-electron chi connectivity index (χ0n) is 19.1. The van der Waals surface area contributed by atoms with Crippen LogP contribution in [0.4, 0.5) is 11.4 Å². The molecule has 3 heterocycles. The molecule has 2 aromatic heterocycles. The molecule has 1 fully saturated rings. The molecule has 1 aliphatic heterocycles. The molecule has 1 saturated heterocycles. The fraction of sp³-hybridized carbons (Fsp3) is 0.200. The van der Waals surface area contributed by atoms with Gasteiger partial charge < -0.3 is 9.88 Å². The molecular formula is C25H23N5O5S. The minimum absolute atomic E-state index is 0.0149. The van der Waals surface area contributed by atoms with Crippen LogP contribution in [0.25, 0.3) is 11.0 Å². The van der Waals surface area contributed by atoms with Crippen molar-refractivity contribution in [2.45, 2.75) is 30.3 Å². The van der Waals surface area contributed by atoms with E-state index in [0.717, 1.165) is 16.1 Å². The molecule has 0 saturated carbocycles. The number of nitrogens with one attached hydrogen (secondary N) is 1. The van der Waals surface area contributed by atoms with Crippen LogP contribution in [0.2, 0.25) is 0 Å². The fourth-order valence-electron chi connectivity index (χ4n) is 4.59. The summed E-state index contributed by atoms with van der Waals surface area (Å²) in [4.78, 5) is 33.2. The van der Waals surface area contributed by atoms with Gasteiger partial charge in [-0.3, -0.25) is 19.2 Å². The van der Waals surface area contributed by atoms with Gasteiger partial charge >= 0.3 is 5.69 Å². The van der Waals surface area contributed by atoms with Crippen LogP contribution in [0.5, 0.6) is 0 Å². The highest BCUT2D eigenvalue weighted by Crippen LogP contribution is 2.41. The van der Waals surface area contributed by atoms with Gasteiger partial charge in [-0.25, -0.2) is 13.4 Å². The Morgan fingerprint density at radius 1 is 1.08 bits per heavy atom. The number of benzene rings is 2. The van der Waals surface area contributed by atoms with Crippen LogP contribution >= 0.6 is 0 Å². The number of H-pyrrole nitrogens is 1. The van der Waals surface area contributed by atoms with E-state index in [1.165, 1.54) is 12.1 Å². The molecular weight excluding hydrogens is 482 g/mol. The molecule has 0 spiro atoms. The molecule has 1 unspecified atom stereocenters. The number of nitrogens with zero attached hydrogens (tertiary/aromatic N) is 4. The zero-order chi connectivity index (χ0) is 25.3. The van der Waals surface area contributed by atoms with Crippen LogP contribution in [0.1, 0.15) is 18.4 Å². The van der Waals surface area contributed by atoms with E-state index in [1.807, 2.05) is 30.3 Å². The monoisotopic (exact) mass is 505 g/mol. The van der Waals surface area contributed by atoms with Crippen molar-refractivity contribution in [3.63, 3.8) is 0 Å². The van der Waals surface area contributed by atoms with Crippen molar-refractivity contribution >= 4 is 38.3 Å². The number of aromatic amines is 1. The third-order valence-electron chi connectivity index (χ3n) is 6.30. The van der Waals surface area contributed by atoms with Crippen molar-refractivity contribution in [2.75, 3.05) is 10.8 Å². The van der Waals surface area contributed by atoms with Gasteiger partial charge in [-0.15, -0.1) is 0 Å². The molecule has 184 valence electrons. The molecule has 1 aliphatic rings. The number of amides is 1. The van der Waals surface area contributed by atoms with E-state index in [0.29, 0.717) is 30.5 Å². The Hall–Kier alpha value is -4.25. The Morgan fingerprint density at radius 3 is 2.44 bits per heavy atom. The number of carbonyl (C=O) groups excluding carboxylic acids is 1. The largest absolute Gasteiger partial charge is 0.346 e. The Labute approximate surface area is 207 Å². The number of piperidine rings is 1. The second-order valence-electron chi connectivity index (χ2n) is 8.55. The number of rotatable bonds is 7. The highest BCUT2D eigenvalue weighted by atomic mass is 32.2. The van der Waals surface area contributed by atoms with E-state index in [1.54, 1.807) is 35.4 Å². The Balaban J connectivity index is 1.59. The van der Waals surface area contributed by atoms with E-state index in [2.05, 4.69) is 9.97 Å². The van der Waals surface area contributed by atoms with Crippen molar-refractivity contribution in [3.05, 3.63) is 94.8 Å². The first-order chi connectivity index (χ1) is 17.4. The van der Waals surface area contributed by atoms with Crippen molar-refractivity contribution < 1.29 is 18.1 Å². The Morgan fingerprint density at radius 2 is 1.78 bits per heavy atom. The molecule has 0 bridgehead atoms. The highest BCUT2D eigenvalue weighted by molar-refractivity contribution is 7.93. The van der Waals surface area contributed by atoms with Gasteiger partial charge in [0.05, 0.1) is 21.2 Å². The second-order valence-corrected chi connectivity index (χ2v) is 10.4. The smallest absolute Gasteiger partial charge is 0.312 e. The number of sulfonamides is 1. The van der Waals surface area contributed by atoms with E-state index >= 15 is 0 Å². The Kier molecular flexibility index (Phi) is 6.15. The number of likely N-dealkylation sites (tertiary alicyclic amines) is 1. The van der Waals surface area contributed by atoms with Crippen molar-refractivity contribution in [3.8, 4) is 0 Å². The average molecular weight is 506 g/mol. The first-order valence-corrected chi connectivity index (χ1v) is 12.8. The molecule has 1 N–H and O–H groups in total. The first kappa shape index (κ1) is 23.5. The van der Waals surface area contributed by atoms with Crippen LogP contribution < -0.4 is 4.31 Å². The molecule has 11 heteroatoms. The zero-order valence-corrected chi connectivity index (χ0v) is 20.0. The lowest BCUT2D eigenvalue weighted by atomic mass is 10.0. The number of hydrogen-bond donors (Lipinski definition) is 1. The van der Waals surface area contributed by atoms with E-state index < -0.39 is 26.7 Å². The molecule has 0 aliphatic carbocycles. The lowest BCUT2D eigenvalue weighted by Crippen LogP contribution is -2.50. The van der Waals surface area contributed by atoms with Crippen molar-refractivity contribution in [2.24, 2.45) is 0 Å². The van der Waals surface area contributed by atoms with Gasteiger partial charge in [-0.1, -0.05) is 48.5 Å². The van der Waals surface area contributed by atoms with E-state index in [-0.39, 0.29) is 22.9 Å². The second kappa shape index (κ2) is 9.42. The quantitative estimate of drug-likeness (QED) is 0.300. The number of carbonyl (C=O) groups is 1. The summed E-state index contributed by atoms with van der Waals surface area (Å²) in [6.45, 7) is 0.726. The maximum absolute atomic E-state index is 14.0. The molecule has 0 radical (unpaired) electrons. The number of nitro groups is 1. The van der Waals surface area contributed by atoms with Crippen molar-refractivity contribution in [1.29, 1.82) is 0 Å². The van der Waals surface area contributed by atoms with Crippen LogP contribution in [-0.2, 0) is 21.4 Å². The lowest BCUT2D eigenvalue weighted by Gasteiger charge is -2.38. The number of aromatic nitrogens is 2. The third-order valence-corrected chi connectivity index (χ3v) is 8.17. The SMILES string of the molecule is O=C1CC(N(c2c([N+](=O)[O-])cnc3[nH]ccc23)S(=O)(=O)c2ccccc2)CCN1Cc1ccccc1. The molecule has 1 amide bonds. The van der Waals surface area contributed by atoms with Gasteiger partial charge in [0.2, 0.25) is 5.91 Å². The number of anilines is 1. The van der Waals surface area contributed by atoms with Gasteiger partial charge in [-0.05, 0) is 30.2 Å². The van der Waals surface area contributed by atoms with Crippen LogP contribution in [-0.4, -0.2) is 46.7 Å². The van der Waals surface area contributed by atoms with E-state index in [4.69, 9.17) is 0 Å². The van der Waals surface area contributed by atoms with Gasteiger partial charge in [-0.2, -0.15) is 0 Å². The molecule has 36 heavy (non-hydrogen) atoms. The van der Waals surface area contributed by atoms with Crippen LogP contribution in [0.15, 0.2) is 84.0 Å². The summed E-state index contributed by atoms with van der Waals surface area (Å²) in [7, 11) is -4.26. The third kappa shape index (κ3) is 4.29. The minimum atomic E-state index is -4.26. The van der Waals surface area contributed by atoms with Gasteiger partial charge in [0.25, 0.3) is 10.0 Å². The van der Waals surface area contributed by atoms with Crippen LogP contribution in [0, 0.1) is 10.1 Å². The normalized spacial score (nSPS) is 16.3. The fourth-order valence-corrected chi connectivity index (χ4v) is 6.32. The molecule has 4 aromatic rings. The van der Waals surface area contributed by atoms with Gasteiger partial charge in [0, 0.05) is 25.7 Å². The minimum Gasteiger partial charge on any atom is -0.346 e. The predicted octanol–water partition coefficient (Wildman–Crippen LogP) is 3.86. The summed E-state index contributed by atoms with van der Waals surface area (Å²) in [6, 6.07) is 18.0. The summed E-state index contributed by atoms with van der Waals surface area (Å²) < 4.78 is 29.1. The summed E-state index contributed by atoms with van der Waals surface area (Å²) in [5.74, 6) is -0.217. The topological polar surface area (TPSA) is 130 Å². The molecule has 2 aromatic carbocycles. The van der Waals surface area contributed by atoms with E-state index in [9.17, 15) is 23.3 Å². The Bertz CT molecular complexity index is 1520. The first-order valence-electron chi connectivity index (χ1n) is 11.4. The average Bonchev–Trinajstić information content (AvgIpc) is 3.36. The van der Waals surface area contributed by atoms with Crippen molar-refractivity contribution in [1.82, 2.24) is 14.9 Å². The van der Waals surface area contributed by atoms with Gasteiger partial charge in [0.15, 0.2) is 0 Å². The molecule has 1 atom stereocenters.